The molecule has 0 atom stereocenters. The Kier molecular flexibility index (Phi) is 6.34. The van der Waals surface area contributed by atoms with Gasteiger partial charge in [0.05, 0.1) is 11.4 Å². The molecule has 3 N–H and O–H groups in total. The Morgan fingerprint density at radius 1 is 0.839 bits per heavy atom. The largest absolute Gasteiger partial charge is 0.397 e. The fourth-order valence-electron chi connectivity index (χ4n) is 3.83. The zero-order valence-corrected chi connectivity index (χ0v) is 17.6. The lowest BCUT2D eigenvalue weighted by molar-refractivity contribution is 0.102. The fourth-order valence-corrected chi connectivity index (χ4v) is 3.83. The maximum Gasteiger partial charge on any atom is 0.255 e. The van der Waals surface area contributed by atoms with E-state index in [0.29, 0.717) is 16.9 Å². The third-order valence-corrected chi connectivity index (χ3v) is 5.67. The third kappa shape index (κ3) is 5.13. The average Bonchev–Trinajstić information content (AvgIpc) is 2.81. The van der Waals surface area contributed by atoms with Gasteiger partial charge in [0.1, 0.15) is 0 Å². The number of carbonyl (C=O) groups is 1. The quantitative estimate of drug-likeness (QED) is 0.591. The van der Waals surface area contributed by atoms with Crippen molar-refractivity contribution in [1.82, 2.24) is 4.90 Å². The lowest BCUT2D eigenvalue weighted by Gasteiger charge is -2.36. The van der Waals surface area contributed by atoms with E-state index in [0.717, 1.165) is 43.9 Å². The summed E-state index contributed by atoms with van der Waals surface area (Å²) >= 11 is 0. The number of anilines is 3. The standard InChI is InChI=1S/C26H28N4O/c1-20(19-29-15-17-30(18-16-29)23-7-3-2-4-8-23)21-11-13-22(14-12-21)26(31)28-25-10-6-5-9-24(25)27/h2-14H,1,15-19,27H2,(H,28,31). The van der Waals surface area contributed by atoms with Crippen LogP contribution in [0.1, 0.15) is 15.9 Å². The second-order valence-corrected chi connectivity index (χ2v) is 7.82. The molecule has 1 amide bonds. The summed E-state index contributed by atoms with van der Waals surface area (Å²) < 4.78 is 0. The summed E-state index contributed by atoms with van der Waals surface area (Å²) in [6.07, 6.45) is 0. The highest BCUT2D eigenvalue weighted by Crippen LogP contribution is 2.21. The topological polar surface area (TPSA) is 61.6 Å². The Morgan fingerprint density at radius 3 is 2.13 bits per heavy atom. The molecule has 5 nitrogen and oxygen atoms in total. The zero-order valence-electron chi connectivity index (χ0n) is 17.6. The Morgan fingerprint density at radius 2 is 1.45 bits per heavy atom. The van der Waals surface area contributed by atoms with Crippen molar-refractivity contribution in [3.63, 3.8) is 0 Å². The minimum atomic E-state index is -0.174. The van der Waals surface area contributed by atoms with E-state index >= 15 is 0 Å². The first kappa shape index (κ1) is 20.7. The van der Waals surface area contributed by atoms with Gasteiger partial charge in [-0.3, -0.25) is 9.69 Å². The van der Waals surface area contributed by atoms with Crippen molar-refractivity contribution >= 4 is 28.5 Å². The maximum atomic E-state index is 12.5. The first-order valence-corrected chi connectivity index (χ1v) is 10.6. The van der Waals surface area contributed by atoms with Gasteiger partial charge in [-0.15, -0.1) is 0 Å². The van der Waals surface area contributed by atoms with Crippen LogP contribution < -0.4 is 16.0 Å². The highest BCUT2D eigenvalue weighted by molar-refractivity contribution is 6.05. The van der Waals surface area contributed by atoms with Gasteiger partial charge in [0.25, 0.3) is 5.91 Å². The van der Waals surface area contributed by atoms with Crippen LogP contribution in [-0.2, 0) is 0 Å². The van der Waals surface area contributed by atoms with E-state index in [9.17, 15) is 4.79 Å². The summed E-state index contributed by atoms with van der Waals surface area (Å²) in [4.78, 5) is 17.4. The molecular weight excluding hydrogens is 384 g/mol. The lowest BCUT2D eigenvalue weighted by atomic mass is 10.0. The fraction of sp³-hybridized carbons (Fsp3) is 0.192. The van der Waals surface area contributed by atoms with Gasteiger partial charge in [0.15, 0.2) is 0 Å². The van der Waals surface area contributed by atoms with Crippen LogP contribution in [-0.4, -0.2) is 43.5 Å². The van der Waals surface area contributed by atoms with E-state index in [1.165, 1.54) is 5.69 Å². The number of nitrogens with two attached hydrogens (primary N) is 1. The van der Waals surface area contributed by atoms with Crippen molar-refractivity contribution in [2.45, 2.75) is 0 Å². The van der Waals surface area contributed by atoms with E-state index in [-0.39, 0.29) is 5.91 Å². The molecule has 4 rings (SSSR count). The van der Waals surface area contributed by atoms with Gasteiger partial charge in [-0.25, -0.2) is 0 Å². The second kappa shape index (κ2) is 9.49. The van der Waals surface area contributed by atoms with Gasteiger partial charge >= 0.3 is 0 Å². The molecule has 0 aliphatic carbocycles. The molecule has 1 heterocycles. The van der Waals surface area contributed by atoms with Crippen molar-refractivity contribution in [2.24, 2.45) is 0 Å². The van der Waals surface area contributed by atoms with Gasteiger partial charge in [0, 0.05) is 44.0 Å². The van der Waals surface area contributed by atoms with Crippen LogP contribution in [0.5, 0.6) is 0 Å². The minimum absolute atomic E-state index is 0.174. The summed E-state index contributed by atoms with van der Waals surface area (Å²) in [6.45, 7) is 9.15. The first-order valence-electron chi connectivity index (χ1n) is 10.6. The Bertz CT molecular complexity index is 1040. The molecule has 0 spiro atoms. The Labute approximate surface area is 183 Å². The van der Waals surface area contributed by atoms with Gasteiger partial charge in [-0.1, -0.05) is 49.0 Å². The zero-order chi connectivity index (χ0) is 21.6. The Balaban J connectivity index is 1.30. The van der Waals surface area contributed by atoms with Crippen molar-refractivity contribution in [3.8, 4) is 0 Å². The average molecular weight is 413 g/mol. The van der Waals surface area contributed by atoms with Crippen molar-refractivity contribution in [1.29, 1.82) is 0 Å². The van der Waals surface area contributed by atoms with Gasteiger partial charge < -0.3 is 16.0 Å². The van der Waals surface area contributed by atoms with Gasteiger partial charge in [0.2, 0.25) is 0 Å². The number of para-hydroxylation sites is 3. The summed E-state index contributed by atoms with van der Waals surface area (Å²) in [5, 5.41) is 2.86. The van der Waals surface area contributed by atoms with Crippen LogP contribution in [0.15, 0.2) is 85.4 Å². The van der Waals surface area contributed by atoms with Crippen LogP contribution in [0.2, 0.25) is 0 Å². The van der Waals surface area contributed by atoms with Gasteiger partial charge in [-0.2, -0.15) is 0 Å². The lowest BCUT2D eigenvalue weighted by Crippen LogP contribution is -2.46. The number of piperazine rings is 1. The number of benzene rings is 3. The van der Waals surface area contributed by atoms with Crippen LogP contribution in [0.4, 0.5) is 17.1 Å². The summed E-state index contributed by atoms with van der Waals surface area (Å²) in [5.74, 6) is -0.174. The maximum absolute atomic E-state index is 12.5. The molecule has 158 valence electrons. The highest BCUT2D eigenvalue weighted by atomic mass is 16.1. The molecule has 0 saturated carbocycles. The monoisotopic (exact) mass is 412 g/mol. The van der Waals surface area contributed by atoms with Crippen molar-refractivity contribution in [2.75, 3.05) is 48.7 Å². The normalized spacial score (nSPS) is 14.3. The first-order chi connectivity index (χ1) is 15.1. The number of amides is 1. The summed E-state index contributed by atoms with van der Waals surface area (Å²) in [5.41, 5.74) is 11.1. The number of nitrogens with one attached hydrogen (secondary N) is 1. The van der Waals surface area contributed by atoms with E-state index in [1.807, 2.05) is 36.4 Å². The van der Waals surface area contributed by atoms with E-state index in [1.54, 1.807) is 12.1 Å². The summed E-state index contributed by atoms with van der Waals surface area (Å²) in [7, 11) is 0. The number of nitrogen functional groups attached to an aromatic ring is 1. The van der Waals surface area contributed by atoms with Gasteiger partial charge in [-0.05, 0) is 47.5 Å². The van der Waals surface area contributed by atoms with E-state index < -0.39 is 0 Å². The van der Waals surface area contributed by atoms with E-state index in [2.05, 4.69) is 52.0 Å². The second-order valence-electron chi connectivity index (χ2n) is 7.82. The molecule has 1 aliphatic heterocycles. The Hall–Kier alpha value is -3.57. The highest BCUT2D eigenvalue weighted by Gasteiger charge is 2.18. The smallest absolute Gasteiger partial charge is 0.255 e. The molecule has 1 fully saturated rings. The van der Waals surface area contributed by atoms with Crippen LogP contribution in [0, 0.1) is 0 Å². The molecule has 3 aromatic rings. The molecular formula is C26H28N4O. The third-order valence-electron chi connectivity index (χ3n) is 5.67. The predicted molar refractivity (Wildman–Crippen MR) is 129 cm³/mol. The molecule has 31 heavy (non-hydrogen) atoms. The summed E-state index contributed by atoms with van der Waals surface area (Å²) in [6, 6.07) is 25.4. The number of carbonyl (C=O) groups excluding carboxylic acids is 1. The molecule has 0 radical (unpaired) electrons. The number of nitrogens with zero attached hydrogens (tertiary/aromatic N) is 2. The van der Waals surface area contributed by atoms with E-state index in [4.69, 9.17) is 5.73 Å². The molecule has 1 saturated heterocycles. The molecule has 3 aromatic carbocycles. The van der Waals surface area contributed by atoms with Crippen molar-refractivity contribution < 1.29 is 4.79 Å². The number of hydrogen-bond donors (Lipinski definition) is 2. The van der Waals surface area contributed by atoms with Crippen LogP contribution in [0.25, 0.3) is 5.57 Å². The number of rotatable bonds is 6. The number of hydrogen-bond acceptors (Lipinski definition) is 4. The van der Waals surface area contributed by atoms with Crippen molar-refractivity contribution in [3.05, 3.63) is 96.6 Å². The molecule has 0 aromatic heterocycles. The SMILES string of the molecule is C=C(CN1CCN(c2ccccc2)CC1)c1ccc(C(=O)Nc2ccccc2N)cc1. The van der Waals surface area contributed by atoms with Crippen LogP contribution >= 0.6 is 0 Å². The van der Waals surface area contributed by atoms with Crippen LogP contribution in [0.3, 0.4) is 0 Å². The molecule has 1 aliphatic rings. The minimum Gasteiger partial charge on any atom is -0.397 e. The molecule has 0 unspecified atom stereocenters. The molecule has 0 bridgehead atoms. The molecule has 5 heteroatoms. The predicted octanol–water partition coefficient (Wildman–Crippen LogP) is 4.36.